The minimum Gasteiger partial charge on any atom is -0.462 e. The Balaban J connectivity index is 3.41. The van der Waals surface area contributed by atoms with Gasteiger partial charge >= 0.3 is 5.97 Å². The predicted octanol–water partition coefficient (Wildman–Crippen LogP) is 2.10. The Morgan fingerprint density at radius 2 is 2.06 bits per heavy atom. The molecule has 0 bridgehead atoms. The lowest BCUT2D eigenvalue weighted by Gasteiger charge is -2.08. The molecule has 1 aromatic carbocycles. The molecule has 1 rings (SSSR count). The molecular formula is C10H11ClO4S. The molecule has 0 aliphatic rings. The molecule has 0 unspecified atom stereocenters. The molecule has 16 heavy (non-hydrogen) atoms. The molecule has 0 atom stereocenters. The number of carbonyl (C=O) groups excluding carboxylic acids is 1. The first-order valence-electron chi connectivity index (χ1n) is 4.59. The van der Waals surface area contributed by atoms with Crippen LogP contribution < -0.4 is 0 Å². The highest BCUT2D eigenvalue weighted by molar-refractivity contribution is 8.13. The van der Waals surface area contributed by atoms with Gasteiger partial charge in [0.25, 0.3) is 9.05 Å². The maximum absolute atomic E-state index is 11.6. The minimum absolute atomic E-state index is 0.000602. The molecule has 0 saturated carbocycles. The zero-order chi connectivity index (χ0) is 12.3. The number of hydrogen-bond acceptors (Lipinski definition) is 4. The quantitative estimate of drug-likeness (QED) is 0.618. The zero-order valence-corrected chi connectivity index (χ0v) is 10.4. The van der Waals surface area contributed by atoms with Crippen molar-refractivity contribution in [3.8, 4) is 0 Å². The van der Waals surface area contributed by atoms with Crippen molar-refractivity contribution in [3.05, 3.63) is 29.3 Å². The van der Waals surface area contributed by atoms with E-state index in [-0.39, 0.29) is 17.1 Å². The highest BCUT2D eigenvalue weighted by atomic mass is 35.7. The van der Waals surface area contributed by atoms with Gasteiger partial charge in [-0.15, -0.1) is 0 Å². The summed E-state index contributed by atoms with van der Waals surface area (Å²) >= 11 is 0. The second-order valence-corrected chi connectivity index (χ2v) is 5.64. The number of benzene rings is 1. The van der Waals surface area contributed by atoms with Gasteiger partial charge in [-0.2, -0.15) is 0 Å². The number of ether oxygens (including phenoxy) is 1. The third-order valence-electron chi connectivity index (χ3n) is 1.98. The highest BCUT2D eigenvalue weighted by Crippen LogP contribution is 2.23. The van der Waals surface area contributed by atoms with Crippen molar-refractivity contribution in [3.63, 3.8) is 0 Å². The number of carbonyl (C=O) groups is 1. The van der Waals surface area contributed by atoms with Crippen molar-refractivity contribution in [1.29, 1.82) is 0 Å². The summed E-state index contributed by atoms with van der Waals surface area (Å²) in [6.45, 7) is 3.44. The van der Waals surface area contributed by atoms with E-state index in [1.807, 2.05) is 0 Å². The maximum atomic E-state index is 11.6. The third kappa shape index (κ3) is 2.74. The first kappa shape index (κ1) is 13.0. The lowest BCUT2D eigenvalue weighted by atomic mass is 10.1. The summed E-state index contributed by atoms with van der Waals surface area (Å²) in [5, 5.41) is 0. The van der Waals surface area contributed by atoms with E-state index >= 15 is 0 Å². The standard InChI is InChI=1S/C10H11ClO4S/c1-3-15-10(12)9-7(2)5-4-6-8(9)16(11,13)14/h4-6H,3H2,1-2H3. The number of aryl methyl sites for hydroxylation is 1. The van der Waals surface area contributed by atoms with E-state index in [1.54, 1.807) is 19.9 Å². The Morgan fingerprint density at radius 1 is 1.44 bits per heavy atom. The summed E-state index contributed by atoms with van der Waals surface area (Å²) < 4.78 is 27.3. The Hall–Kier alpha value is -1.07. The number of esters is 1. The van der Waals surface area contributed by atoms with Crippen LogP contribution in [-0.2, 0) is 13.8 Å². The van der Waals surface area contributed by atoms with Gasteiger partial charge in [0.15, 0.2) is 0 Å². The first-order valence-corrected chi connectivity index (χ1v) is 6.90. The summed E-state index contributed by atoms with van der Waals surface area (Å²) in [5.74, 6) is -0.681. The monoisotopic (exact) mass is 262 g/mol. The van der Waals surface area contributed by atoms with Crippen LogP contribution in [0.15, 0.2) is 23.1 Å². The molecule has 0 N–H and O–H groups in total. The largest absolute Gasteiger partial charge is 0.462 e. The summed E-state index contributed by atoms with van der Waals surface area (Å²) in [5.41, 5.74) is 0.513. The normalized spacial score (nSPS) is 11.2. The number of rotatable bonds is 3. The van der Waals surface area contributed by atoms with E-state index in [4.69, 9.17) is 15.4 Å². The Labute approximate surface area is 98.6 Å². The van der Waals surface area contributed by atoms with Crippen LogP contribution in [0.3, 0.4) is 0 Å². The SMILES string of the molecule is CCOC(=O)c1c(C)cccc1S(=O)(=O)Cl. The summed E-state index contributed by atoms with van der Waals surface area (Å²) in [6.07, 6.45) is 0. The van der Waals surface area contributed by atoms with Gasteiger partial charge in [0.05, 0.1) is 17.1 Å². The minimum atomic E-state index is -3.95. The predicted molar refractivity (Wildman–Crippen MR) is 60.2 cm³/mol. The zero-order valence-electron chi connectivity index (χ0n) is 8.86. The highest BCUT2D eigenvalue weighted by Gasteiger charge is 2.22. The van der Waals surface area contributed by atoms with Crippen LogP contribution in [0.4, 0.5) is 0 Å². The molecule has 0 radical (unpaired) electrons. The second-order valence-electron chi connectivity index (χ2n) is 3.11. The molecule has 0 heterocycles. The topological polar surface area (TPSA) is 60.4 Å². The number of hydrogen-bond donors (Lipinski definition) is 0. The molecule has 0 fully saturated rings. The van der Waals surface area contributed by atoms with Gasteiger partial charge < -0.3 is 4.74 Å². The lowest BCUT2D eigenvalue weighted by Crippen LogP contribution is -2.11. The van der Waals surface area contributed by atoms with Gasteiger partial charge in [-0.25, -0.2) is 13.2 Å². The molecule has 4 nitrogen and oxygen atoms in total. The molecular weight excluding hydrogens is 252 g/mol. The molecule has 1 aromatic rings. The average molecular weight is 263 g/mol. The van der Waals surface area contributed by atoms with E-state index < -0.39 is 15.0 Å². The van der Waals surface area contributed by atoms with Crippen LogP contribution >= 0.6 is 10.7 Å². The van der Waals surface area contributed by atoms with Crippen molar-refractivity contribution < 1.29 is 17.9 Å². The molecule has 0 aromatic heterocycles. The lowest BCUT2D eigenvalue weighted by molar-refractivity contribution is 0.0521. The van der Waals surface area contributed by atoms with Crippen LogP contribution in [0.2, 0.25) is 0 Å². The Kier molecular flexibility index (Phi) is 3.93. The molecule has 0 amide bonds. The van der Waals surface area contributed by atoms with E-state index in [1.165, 1.54) is 12.1 Å². The van der Waals surface area contributed by atoms with E-state index in [0.717, 1.165) is 0 Å². The van der Waals surface area contributed by atoms with Crippen molar-refractivity contribution in [2.75, 3.05) is 6.61 Å². The van der Waals surface area contributed by atoms with E-state index in [0.29, 0.717) is 5.56 Å². The molecule has 88 valence electrons. The molecule has 0 aliphatic heterocycles. The Morgan fingerprint density at radius 3 is 2.56 bits per heavy atom. The van der Waals surface area contributed by atoms with Crippen LogP contribution in [0.25, 0.3) is 0 Å². The third-order valence-corrected chi connectivity index (χ3v) is 3.34. The summed E-state index contributed by atoms with van der Waals surface area (Å²) in [7, 11) is 1.30. The Bertz CT molecular complexity index is 508. The molecule has 0 spiro atoms. The van der Waals surface area contributed by atoms with Gasteiger partial charge in [-0.1, -0.05) is 12.1 Å². The fraction of sp³-hybridized carbons (Fsp3) is 0.300. The fourth-order valence-electron chi connectivity index (χ4n) is 1.31. The fourth-order valence-corrected chi connectivity index (χ4v) is 2.42. The van der Waals surface area contributed by atoms with Gasteiger partial charge in [0.2, 0.25) is 0 Å². The van der Waals surface area contributed by atoms with Crippen LogP contribution in [0, 0.1) is 6.92 Å². The van der Waals surface area contributed by atoms with Gasteiger partial charge in [-0.05, 0) is 25.5 Å². The van der Waals surface area contributed by atoms with E-state index in [2.05, 4.69) is 0 Å². The van der Waals surface area contributed by atoms with E-state index in [9.17, 15) is 13.2 Å². The van der Waals surface area contributed by atoms with Crippen molar-refractivity contribution >= 4 is 25.7 Å². The summed E-state index contributed by atoms with van der Waals surface area (Å²) in [6, 6.07) is 4.42. The van der Waals surface area contributed by atoms with Crippen molar-refractivity contribution in [2.45, 2.75) is 18.7 Å². The van der Waals surface area contributed by atoms with Crippen LogP contribution in [0.5, 0.6) is 0 Å². The van der Waals surface area contributed by atoms with Gasteiger partial charge in [0, 0.05) is 10.7 Å². The second kappa shape index (κ2) is 4.84. The molecule has 6 heteroatoms. The number of halogens is 1. The smallest absolute Gasteiger partial charge is 0.339 e. The summed E-state index contributed by atoms with van der Waals surface area (Å²) in [4.78, 5) is 11.4. The first-order chi connectivity index (χ1) is 7.38. The van der Waals surface area contributed by atoms with Crippen molar-refractivity contribution in [1.82, 2.24) is 0 Å². The van der Waals surface area contributed by atoms with Gasteiger partial charge in [0.1, 0.15) is 0 Å². The molecule has 0 aliphatic carbocycles. The van der Waals surface area contributed by atoms with Crippen LogP contribution in [0.1, 0.15) is 22.8 Å². The average Bonchev–Trinajstić information content (AvgIpc) is 2.16. The van der Waals surface area contributed by atoms with Crippen LogP contribution in [-0.4, -0.2) is 21.0 Å². The van der Waals surface area contributed by atoms with Crippen molar-refractivity contribution in [2.24, 2.45) is 0 Å². The van der Waals surface area contributed by atoms with Gasteiger partial charge in [-0.3, -0.25) is 0 Å². The molecule has 0 saturated heterocycles. The maximum Gasteiger partial charge on any atom is 0.339 e.